The molecule has 1 heterocycles. The van der Waals surface area contributed by atoms with Gasteiger partial charge < -0.3 is 4.42 Å². The second-order valence-electron chi connectivity index (χ2n) is 4.56. The molecule has 0 fully saturated rings. The summed E-state index contributed by atoms with van der Waals surface area (Å²) < 4.78 is 5.00. The molecule has 3 rings (SSSR count). The largest absolute Gasteiger partial charge is 0.461 e. The summed E-state index contributed by atoms with van der Waals surface area (Å²) in [5.41, 5.74) is 0.545. The molecule has 0 aliphatic rings. The third kappa shape index (κ3) is 2.38. The standard InChI is InChI=1S/C17H12O3/c18-15(11-16(19)17-6-3-9-20-17)14-8-7-12-4-1-2-5-13(12)10-14/h1-10H,11H2. The summed E-state index contributed by atoms with van der Waals surface area (Å²) >= 11 is 0. The fourth-order valence-corrected chi connectivity index (χ4v) is 2.13. The summed E-state index contributed by atoms with van der Waals surface area (Å²) in [6.07, 6.45) is 1.25. The number of hydrogen-bond donors (Lipinski definition) is 0. The van der Waals surface area contributed by atoms with Gasteiger partial charge in [-0.15, -0.1) is 0 Å². The van der Waals surface area contributed by atoms with Crippen molar-refractivity contribution in [2.75, 3.05) is 0 Å². The number of benzene rings is 2. The summed E-state index contributed by atoms with van der Waals surface area (Å²) in [5, 5.41) is 2.06. The van der Waals surface area contributed by atoms with E-state index in [0.29, 0.717) is 5.56 Å². The van der Waals surface area contributed by atoms with Gasteiger partial charge in [-0.25, -0.2) is 0 Å². The molecule has 3 heteroatoms. The van der Waals surface area contributed by atoms with E-state index in [1.807, 2.05) is 36.4 Å². The monoisotopic (exact) mass is 264 g/mol. The maximum Gasteiger partial charge on any atom is 0.205 e. The number of ketones is 2. The van der Waals surface area contributed by atoms with Crippen LogP contribution in [0.4, 0.5) is 0 Å². The Morgan fingerprint density at radius 1 is 0.850 bits per heavy atom. The van der Waals surface area contributed by atoms with Crippen LogP contribution in [0.1, 0.15) is 27.3 Å². The molecule has 0 atom stereocenters. The lowest BCUT2D eigenvalue weighted by Gasteiger charge is -2.02. The van der Waals surface area contributed by atoms with Crippen molar-refractivity contribution >= 4 is 22.3 Å². The fourth-order valence-electron chi connectivity index (χ4n) is 2.13. The van der Waals surface area contributed by atoms with Gasteiger partial charge in [0.25, 0.3) is 0 Å². The molecule has 0 aliphatic carbocycles. The third-order valence-corrected chi connectivity index (χ3v) is 3.19. The van der Waals surface area contributed by atoms with Crippen LogP contribution in [0, 0.1) is 0 Å². The van der Waals surface area contributed by atoms with E-state index in [-0.39, 0.29) is 23.7 Å². The molecule has 0 saturated carbocycles. The van der Waals surface area contributed by atoms with Crippen molar-refractivity contribution in [3.05, 3.63) is 72.2 Å². The summed E-state index contributed by atoms with van der Waals surface area (Å²) in [7, 11) is 0. The summed E-state index contributed by atoms with van der Waals surface area (Å²) in [5.74, 6) is -0.274. The molecule has 3 nitrogen and oxygen atoms in total. The Morgan fingerprint density at radius 2 is 1.65 bits per heavy atom. The van der Waals surface area contributed by atoms with E-state index < -0.39 is 0 Å². The van der Waals surface area contributed by atoms with Crippen LogP contribution in [0.5, 0.6) is 0 Å². The molecule has 0 unspecified atom stereocenters. The summed E-state index contributed by atoms with van der Waals surface area (Å²) in [6.45, 7) is 0. The number of fused-ring (bicyclic) bond motifs is 1. The Kier molecular flexibility index (Phi) is 3.17. The second kappa shape index (κ2) is 5.13. The van der Waals surface area contributed by atoms with Gasteiger partial charge in [0, 0.05) is 5.56 Å². The topological polar surface area (TPSA) is 47.3 Å². The smallest absolute Gasteiger partial charge is 0.205 e. The average Bonchev–Trinajstić information content (AvgIpc) is 3.01. The van der Waals surface area contributed by atoms with Crippen molar-refractivity contribution < 1.29 is 14.0 Å². The maximum atomic E-state index is 12.1. The molecule has 0 amide bonds. The molecule has 20 heavy (non-hydrogen) atoms. The first kappa shape index (κ1) is 12.4. The van der Waals surface area contributed by atoms with Crippen molar-refractivity contribution in [2.45, 2.75) is 6.42 Å². The Morgan fingerprint density at radius 3 is 2.40 bits per heavy atom. The van der Waals surface area contributed by atoms with Gasteiger partial charge in [0.1, 0.15) is 0 Å². The molecule has 0 bridgehead atoms. The molecule has 0 saturated heterocycles. The molecule has 0 N–H and O–H groups in total. The second-order valence-corrected chi connectivity index (χ2v) is 4.56. The van der Waals surface area contributed by atoms with E-state index in [2.05, 4.69) is 0 Å². The molecular weight excluding hydrogens is 252 g/mol. The fraction of sp³-hybridized carbons (Fsp3) is 0.0588. The van der Waals surface area contributed by atoms with Crippen LogP contribution in [0.15, 0.2) is 65.3 Å². The summed E-state index contributed by atoms with van der Waals surface area (Å²) in [4.78, 5) is 24.0. The van der Waals surface area contributed by atoms with Crippen LogP contribution >= 0.6 is 0 Å². The van der Waals surface area contributed by atoms with Crippen LogP contribution in [-0.2, 0) is 0 Å². The molecule has 98 valence electrons. The van der Waals surface area contributed by atoms with Gasteiger partial charge in [-0.2, -0.15) is 0 Å². The predicted molar refractivity (Wildman–Crippen MR) is 75.9 cm³/mol. The van der Waals surface area contributed by atoms with Crippen molar-refractivity contribution in [3.63, 3.8) is 0 Å². The van der Waals surface area contributed by atoms with Gasteiger partial charge in [0.05, 0.1) is 12.7 Å². The number of hydrogen-bond acceptors (Lipinski definition) is 3. The molecule has 0 spiro atoms. The van der Waals surface area contributed by atoms with Crippen LogP contribution in [0.2, 0.25) is 0 Å². The Bertz CT molecular complexity index is 770. The molecule has 1 aromatic heterocycles. The molecule has 0 radical (unpaired) electrons. The highest BCUT2D eigenvalue weighted by Crippen LogP contribution is 2.17. The van der Waals surface area contributed by atoms with Gasteiger partial charge in [-0.1, -0.05) is 36.4 Å². The van der Waals surface area contributed by atoms with Gasteiger partial charge in [0.2, 0.25) is 5.78 Å². The van der Waals surface area contributed by atoms with E-state index in [9.17, 15) is 9.59 Å². The Balaban J connectivity index is 1.83. The quantitative estimate of drug-likeness (QED) is 0.530. The minimum absolute atomic E-state index is 0.175. The predicted octanol–water partition coefficient (Wildman–Crippen LogP) is 3.89. The van der Waals surface area contributed by atoms with E-state index in [1.165, 1.54) is 6.26 Å². The Hall–Kier alpha value is -2.68. The summed E-state index contributed by atoms with van der Waals surface area (Å²) in [6, 6.07) is 16.4. The van der Waals surface area contributed by atoms with Crippen molar-refractivity contribution in [1.82, 2.24) is 0 Å². The van der Waals surface area contributed by atoms with Crippen molar-refractivity contribution in [1.29, 1.82) is 0 Å². The highest BCUT2D eigenvalue weighted by atomic mass is 16.3. The first-order valence-corrected chi connectivity index (χ1v) is 6.33. The van der Waals surface area contributed by atoms with Crippen molar-refractivity contribution in [2.24, 2.45) is 0 Å². The van der Waals surface area contributed by atoms with E-state index in [1.54, 1.807) is 18.2 Å². The molecule has 3 aromatic rings. The molecular formula is C17H12O3. The minimum atomic E-state index is -0.298. The zero-order chi connectivity index (χ0) is 13.9. The van der Waals surface area contributed by atoms with Crippen LogP contribution in [-0.4, -0.2) is 11.6 Å². The first-order chi connectivity index (χ1) is 9.74. The zero-order valence-corrected chi connectivity index (χ0v) is 10.7. The lowest BCUT2D eigenvalue weighted by molar-refractivity contribution is 0.0878. The van der Waals surface area contributed by atoms with Gasteiger partial charge >= 0.3 is 0 Å². The maximum absolute atomic E-state index is 12.1. The molecule has 2 aromatic carbocycles. The van der Waals surface area contributed by atoms with Gasteiger partial charge in [-0.05, 0) is 29.0 Å². The average molecular weight is 264 g/mol. The van der Waals surface area contributed by atoms with Gasteiger partial charge in [0.15, 0.2) is 11.5 Å². The lowest BCUT2D eigenvalue weighted by Crippen LogP contribution is -2.07. The minimum Gasteiger partial charge on any atom is -0.461 e. The number of carbonyl (C=O) groups is 2. The number of Topliss-reactive ketones (excluding diaryl/α,β-unsaturated/α-hetero) is 2. The number of rotatable bonds is 4. The zero-order valence-electron chi connectivity index (χ0n) is 10.7. The molecule has 0 aliphatic heterocycles. The van der Waals surface area contributed by atoms with Crippen LogP contribution in [0.3, 0.4) is 0 Å². The van der Waals surface area contributed by atoms with E-state index >= 15 is 0 Å². The SMILES string of the molecule is O=C(CC(=O)c1ccco1)c1ccc2ccccc2c1. The van der Waals surface area contributed by atoms with E-state index in [4.69, 9.17) is 4.42 Å². The highest BCUT2D eigenvalue weighted by Gasteiger charge is 2.15. The van der Waals surface area contributed by atoms with Crippen LogP contribution in [0.25, 0.3) is 10.8 Å². The van der Waals surface area contributed by atoms with Crippen LogP contribution < -0.4 is 0 Å². The highest BCUT2D eigenvalue weighted by molar-refractivity contribution is 6.13. The van der Waals surface area contributed by atoms with Gasteiger partial charge in [-0.3, -0.25) is 9.59 Å². The number of carbonyl (C=O) groups excluding carboxylic acids is 2. The first-order valence-electron chi connectivity index (χ1n) is 6.33. The Labute approximate surface area is 115 Å². The lowest BCUT2D eigenvalue weighted by atomic mass is 10.0. The third-order valence-electron chi connectivity index (χ3n) is 3.19. The van der Waals surface area contributed by atoms with Crippen molar-refractivity contribution in [3.8, 4) is 0 Å². The number of furan rings is 1. The van der Waals surface area contributed by atoms with E-state index in [0.717, 1.165) is 10.8 Å². The normalized spacial score (nSPS) is 10.6.